The summed E-state index contributed by atoms with van der Waals surface area (Å²) in [6, 6.07) is 9.84. The molecule has 0 atom stereocenters. The number of ether oxygens (including phenoxy) is 1. The smallest absolute Gasteiger partial charge is 0.258 e. The van der Waals surface area contributed by atoms with Gasteiger partial charge in [-0.2, -0.15) is 9.29 Å². The molecule has 2 aromatic carbocycles. The van der Waals surface area contributed by atoms with E-state index in [1.807, 2.05) is 0 Å². The predicted octanol–water partition coefficient (Wildman–Crippen LogP) is 2.46. The number of nitrogens with zero attached hydrogens (tertiary/aromatic N) is 3. The zero-order valence-corrected chi connectivity index (χ0v) is 17.4. The van der Waals surface area contributed by atoms with Gasteiger partial charge in [-0.05, 0) is 30.3 Å². The molecule has 31 heavy (non-hydrogen) atoms. The van der Waals surface area contributed by atoms with Crippen molar-refractivity contribution in [2.24, 2.45) is 0 Å². The molecule has 3 aromatic rings. The first-order valence-electron chi connectivity index (χ1n) is 9.45. The van der Waals surface area contributed by atoms with E-state index in [-0.39, 0.29) is 37.0 Å². The fraction of sp³-hybridized carbons (Fsp3) is 0.250. The number of halogens is 1. The van der Waals surface area contributed by atoms with E-state index in [2.05, 4.69) is 15.5 Å². The first kappa shape index (κ1) is 21.1. The highest BCUT2D eigenvalue weighted by Gasteiger charge is 2.28. The van der Waals surface area contributed by atoms with E-state index >= 15 is 0 Å². The lowest BCUT2D eigenvalue weighted by molar-refractivity contribution is 0.0730. The molecule has 11 heteroatoms. The van der Waals surface area contributed by atoms with E-state index in [0.29, 0.717) is 17.1 Å². The highest BCUT2D eigenvalue weighted by atomic mass is 32.2. The number of carbonyl (C=O) groups excluding carboxylic acids is 1. The summed E-state index contributed by atoms with van der Waals surface area (Å²) in [6.45, 7) is 2.57. The minimum atomic E-state index is -3.88. The van der Waals surface area contributed by atoms with Crippen LogP contribution in [0.3, 0.4) is 0 Å². The summed E-state index contributed by atoms with van der Waals surface area (Å²) in [5.74, 6) is -1.03. The summed E-state index contributed by atoms with van der Waals surface area (Å²) >= 11 is 0. The molecule has 0 unspecified atom stereocenters. The van der Waals surface area contributed by atoms with Gasteiger partial charge in [0.25, 0.3) is 5.91 Å². The molecular formula is C20H19FN4O5S. The number of hydrogen-bond acceptors (Lipinski definition) is 7. The van der Waals surface area contributed by atoms with Crippen LogP contribution in [0, 0.1) is 12.7 Å². The molecule has 1 aliphatic rings. The van der Waals surface area contributed by atoms with Gasteiger partial charge < -0.3 is 14.6 Å². The van der Waals surface area contributed by atoms with Gasteiger partial charge >= 0.3 is 0 Å². The van der Waals surface area contributed by atoms with E-state index in [4.69, 9.17) is 9.26 Å². The zero-order valence-electron chi connectivity index (χ0n) is 16.5. The Morgan fingerprint density at radius 2 is 1.90 bits per heavy atom. The predicted molar refractivity (Wildman–Crippen MR) is 108 cm³/mol. The molecule has 2 heterocycles. The number of nitrogens with one attached hydrogen (secondary N) is 1. The molecule has 1 aliphatic heterocycles. The molecule has 0 bridgehead atoms. The molecule has 9 nitrogen and oxygen atoms in total. The molecule has 4 rings (SSSR count). The van der Waals surface area contributed by atoms with Gasteiger partial charge in [-0.25, -0.2) is 12.8 Å². The molecule has 0 saturated carbocycles. The number of amides is 1. The van der Waals surface area contributed by atoms with Crippen LogP contribution in [0.15, 0.2) is 51.9 Å². The molecule has 1 saturated heterocycles. The molecule has 1 fully saturated rings. The summed E-state index contributed by atoms with van der Waals surface area (Å²) < 4.78 is 51.6. The van der Waals surface area contributed by atoms with Crippen molar-refractivity contribution in [1.29, 1.82) is 0 Å². The molecule has 162 valence electrons. The maximum absolute atomic E-state index is 14.5. The number of benzene rings is 2. The number of anilines is 1. The monoisotopic (exact) mass is 446 g/mol. The van der Waals surface area contributed by atoms with Crippen LogP contribution in [0.2, 0.25) is 0 Å². The molecular weight excluding hydrogens is 427 g/mol. The number of para-hydroxylation sites is 1. The quantitative estimate of drug-likeness (QED) is 0.640. The van der Waals surface area contributed by atoms with E-state index < -0.39 is 27.3 Å². The van der Waals surface area contributed by atoms with Crippen LogP contribution < -0.4 is 5.32 Å². The van der Waals surface area contributed by atoms with Crippen LogP contribution in [0.1, 0.15) is 16.2 Å². The topological polar surface area (TPSA) is 115 Å². The lowest BCUT2D eigenvalue weighted by Crippen LogP contribution is -2.40. The normalized spacial score (nSPS) is 15.0. The summed E-state index contributed by atoms with van der Waals surface area (Å²) in [6.07, 6.45) is 0. The molecule has 1 N–H and O–H groups in total. The summed E-state index contributed by atoms with van der Waals surface area (Å²) in [5, 5.41) is 6.44. The molecule has 0 spiro atoms. The number of morpholine rings is 1. The van der Waals surface area contributed by atoms with Crippen molar-refractivity contribution < 1.29 is 26.9 Å². The van der Waals surface area contributed by atoms with Crippen molar-refractivity contribution in [2.45, 2.75) is 11.8 Å². The Labute approximate surface area is 177 Å². The van der Waals surface area contributed by atoms with E-state index in [0.717, 1.165) is 18.2 Å². The number of aryl methyl sites for hydroxylation is 1. The van der Waals surface area contributed by atoms with Crippen LogP contribution in [0.4, 0.5) is 10.1 Å². The fourth-order valence-electron chi connectivity index (χ4n) is 3.16. The van der Waals surface area contributed by atoms with Gasteiger partial charge in [-0.3, -0.25) is 4.79 Å². The van der Waals surface area contributed by atoms with Crippen LogP contribution in [0.5, 0.6) is 0 Å². The Morgan fingerprint density at radius 1 is 1.16 bits per heavy atom. The Hall–Kier alpha value is -3.15. The van der Waals surface area contributed by atoms with Crippen molar-refractivity contribution in [3.8, 4) is 11.4 Å². The third kappa shape index (κ3) is 4.33. The van der Waals surface area contributed by atoms with Crippen LogP contribution in [0.25, 0.3) is 11.4 Å². The Balaban J connectivity index is 1.64. The largest absolute Gasteiger partial charge is 0.379 e. The van der Waals surface area contributed by atoms with Crippen molar-refractivity contribution >= 4 is 21.6 Å². The van der Waals surface area contributed by atoms with E-state index in [1.54, 1.807) is 31.2 Å². The van der Waals surface area contributed by atoms with Crippen molar-refractivity contribution in [3.63, 3.8) is 0 Å². The van der Waals surface area contributed by atoms with Gasteiger partial charge in [-0.1, -0.05) is 17.3 Å². The van der Waals surface area contributed by atoms with Gasteiger partial charge in [0.05, 0.1) is 29.4 Å². The van der Waals surface area contributed by atoms with E-state index in [9.17, 15) is 17.6 Å². The van der Waals surface area contributed by atoms with Crippen LogP contribution in [-0.2, 0) is 14.8 Å². The second-order valence-electron chi connectivity index (χ2n) is 6.79. The number of carbonyl (C=O) groups is 1. The van der Waals surface area contributed by atoms with Gasteiger partial charge in [0.1, 0.15) is 5.82 Å². The highest BCUT2D eigenvalue weighted by molar-refractivity contribution is 7.89. The van der Waals surface area contributed by atoms with Gasteiger partial charge in [0.2, 0.25) is 21.7 Å². The maximum atomic E-state index is 14.5. The fourth-order valence-corrected chi connectivity index (χ4v) is 4.60. The molecule has 1 aromatic heterocycles. The highest BCUT2D eigenvalue weighted by Crippen LogP contribution is 2.27. The average Bonchev–Trinajstić information content (AvgIpc) is 3.21. The molecule has 0 radical (unpaired) electrons. The van der Waals surface area contributed by atoms with Gasteiger partial charge in [0.15, 0.2) is 0 Å². The van der Waals surface area contributed by atoms with Gasteiger partial charge in [0, 0.05) is 25.6 Å². The number of aromatic nitrogens is 2. The van der Waals surface area contributed by atoms with Crippen molar-refractivity contribution in [2.75, 3.05) is 31.6 Å². The summed E-state index contributed by atoms with van der Waals surface area (Å²) in [4.78, 5) is 16.8. The van der Waals surface area contributed by atoms with Crippen LogP contribution >= 0.6 is 0 Å². The molecule has 0 aliphatic carbocycles. The summed E-state index contributed by atoms with van der Waals surface area (Å²) in [5.41, 5.74) is 0.410. The minimum absolute atomic E-state index is 0.164. The molecule has 1 amide bonds. The first-order chi connectivity index (χ1) is 14.9. The van der Waals surface area contributed by atoms with E-state index in [1.165, 1.54) is 4.31 Å². The number of hydrogen-bond donors (Lipinski definition) is 1. The lowest BCUT2D eigenvalue weighted by Gasteiger charge is -2.26. The van der Waals surface area contributed by atoms with Gasteiger partial charge in [-0.15, -0.1) is 0 Å². The third-order valence-corrected chi connectivity index (χ3v) is 6.63. The Bertz CT molecular complexity index is 1220. The zero-order chi connectivity index (χ0) is 22.0. The standard InChI is InChI=1S/C20H19FN4O5S/c1-13-22-19(24-30-13)15-4-2-3-5-18(15)23-20(26)16-12-14(6-7-17(16)21)31(27,28)25-8-10-29-11-9-25/h2-7,12H,8-11H2,1H3,(H,23,26). The summed E-state index contributed by atoms with van der Waals surface area (Å²) in [7, 11) is -3.88. The van der Waals surface area contributed by atoms with Crippen molar-refractivity contribution in [1.82, 2.24) is 14.4 Å². The van der Waals surface area contributed by atoms with Crippen molar-refractivity contribution in [3.05, 3.63) is 59.7 Å². The maximum Gasteiger partial charge on any atom is 0.258 e. The third-order valence-electron chi connectivity index (χ3n) is 4.73. The Kier molecular flexibility index (Phi) is 5.81. The second-order valence-corrected chi connectivity index (χ2v) is 8.73. The lowest BCUT2D eigenvalue weighted by atomic mass is 10.1. The Morgan fingerprint density at radius 3 is 2.61 bits per heavy atom. The minimum Gasteiger partial charge on any atom is -0.379 e. The second kappa shape index (κ2) is 8.53. The number of sulfonamides is 1. The average molecular weight is 446 g/mol. The number of rotatable bonds is 5. The SMILES string of the molecule is Cc1nc(-c2ccccc2NC(=O)c2cc(S(=O)(=O)N3CCOCC3)ccc2F)no1. The first-order valence-corrected chi connectivity index (χ1v) is 10.9. The van der Waals surface area contributed by atoms with Crippen LogP contribution in [-0.4, -0.2) is 55.1 Å².